The van der Waals surface area contributed by atoms with Gasteiger partial charge in [0.25, 0.3) is 5.91 Å². The number of aryl methyl sites for hydroxylation is 1. The van der Waals surface area contributed by atoms with Gasteiger partial charge in [0.2, 0.25) is 0 Å². The van der Waals surface area contributed by atoms with Crippen molar-refractivity contribution in [3.63, 3.8) is 0 Å². The first kappa shape index (κ1) is 15.9. The summed E-state index contributed by atoms with van der Waals surface area (Å²) in [6, 6.07) is 8.74. The molecule has 0 aliphatic heterocycles. The van der Waals surface area contributed by atoms with E-state index in [1.54, 1.807) is 18.2 Å². The standard InChI is InChI=1S/C16H14F3NO2/c1-9-4-3-5-11(8-9)22-10(2)16(21)20-13-7-6-12(17)14(18)15(13)19/h3-8,10H,1-2H3,(H,20,21)/t10-/m1/s1. The molecule has 0 aliphatic rings. The van der Waals surface area contributed by atoms with Crippen molar-refractivity contribution in [2.24, 2.45) is 0 Å². The lowest BCUT2D eigenvalue weighted by Gasteiger charge is -2.15. The SMILES string of the molecule is Cc1cccc(O[C@H](C)C(=O)Nc2ccc(F)c(F)c2F)c1. The summed E-state index contributed by atoms with van der Waals surface area (Å²) < 4.78 is 44.8. The Balaban J connectivity index is 2.07. The van der Waals surface area contributed by atoms with E-state index in [-0.39, 0.29) is 0 Å². The average Bonchev–Trinajstić information content (AvgIpc) is 2.47. The van der Waals surface area contributed by atoms with E-state index >= 15 is 0 Å². The minimum atomic E-state index is -1.63. The van der Waals surface area contributed by atoms with Crippen molar-refractivity contribution in [2.75, 3.05) is 5.32 Å². The molecule has 1 amide bonds. The van der Waals surface area contributed by atoms with E-state index in [9.17, 15) is 18.0 Å². The topological polar surface area (TPSA) is 38.3 Å². The molecular weight excluding hydrogens is 295 g/mol. The van der Waals surface area contributed by atoms with E-state index in [0.717, 1.165) is 17.7 Å². The van der Waals surface area contributed by atoms with Crippen LogP contribution in [0.4, 0.5) is 18.9 Å². The lowest BCUT2D eigenvalue weighted by molar-refractivity contribution is -0.122. The second-order valence-corrected chi connectivity index (χ2v) is 4.79. The summed E-state index contributed by atoms with van der Waals surface area (Å²) in [5, 5.41) is 2.17. The van der Waals surface area contributed by atoms with Crippen molar-refractivity contribution in [2.45, 2.75) is 20.0 Å². The molecular formula is C16H14F3NO2. The summed E-state index contributed by atoms with van der Waals surface area (Å²) in [5.41, 5.74) is 0.514. The summed E-state index contributed by atoms with van der Waals surface area (Å²) in [4.78, 5) is 11.9. The van der Waals surface area contributed by atoms with E-state index in [1.807, 2.05) is 13.0 Å². The van der Waals surface area contributed by atoms with Crippen molar-refractivity contribution >= 4 is 11.6 Å². The van der Waals surface area contributed by atoms with Crippen LogP contribution >= 0.6 is 0 Å². The maximum Gasteiger partial charge on any atom is 0.265 e. The van der Waals surface area contributed by atoms with E-state index in [0.29, 0.717) is 5.75 Å². The molecule has 0 fully saturated rings. The van der Waals surface area contributed by atoms with Gasteiger partial charge in [-0.25, -0.2) is 13.2 Å². The Morgan fingerprint density at radius 2 is 1.86 bits per heavy atom. The first-order chi connectivity index (χ1) is 10.4. The molecule has 0 spiro atoms. The van der Waals surface area contributed by atoms with Crippen LogP contribution in [0.3, 0.4) is 0 Å². The number of nitrogens with one attached hydrogen (secondary N) is 1. The number of benzene rings is 2. The van der Waals surface area contributed by atoms with E-state index < -0.39 is 35.2 Å². The fourth-order valence-electron chi connectivity index (χ4n) is 1.80. The minimum Gasteiger partial charge on any atom is -0.481 e. The molecule has 0 aliphatic carbocycles. The molecule has 116 valence electrons. The zero-order valence-electron chi connectivity index (χ0n) is 12.0. The summed E-state index contributed by atoms with van der Waals surface area (Å²) in [5.74, 6) is -4.60. The molecule has 0 radical (unpaired) electrons. The number of amides is 1. The molecule has 6 heteroatoms. The van der Waals surface area contributed by atoms with Crippen LogP contribution in [0.2, 0.25) is 0 Å². The quantitative estimate of drug-likeness (QED) is 0.872. The fourth-order valence-corrected chi connectivity index (χ4v) is 1.80. The van der Waals surface area contributed by atoms with Crippen molar-refractivity contribution in [3.05, 3.63) is 59.4 Å². The maximum absolute atomic E-state index is 13.5. The molecule has 2 aromatic carbocycles. The molecule has 0 aromatic heterocycles. The predicted molar refractivity (Wildman–Crippen MR) is 76.2 cm³/mol. The Bertz CT molecular complexity index is 704. The summed E-state index contributed by atoms with van der Waals surface area (Å²) in [6.45, 7) is 3.34. The first-order valence-corrected chi connectivity index (χ1v) is 6.56. The molecule has 0 bridgehead atoms. The number of anilines is 1. The molecule has 3 nitrogen and oxygen atoms in total. The number of ether oxygens (including phenoxy) is 1. The second-order valence-electron chi connectivity index (χ2n) is 4.79. The highest BCUT2D eigenvalue weighted by Gasteiger charge is 2.19. The van der Waals surface area contributed by atoms with Gasteiger partial charge in [-0.3, -0.25) is 4.79 Å². The number of halogens is 3. The van der Waals surface area contributed by atoms with Crippen LogP contribution in [-0.2, 0) is 4.79 Å². The molecule has 2 aromatic rings. The van der Waals surface area contributed by atoms with Crippen LogP contribution in [0.15, 0.2) is 36.4 Å². The molecule has 0 saturated carbocycles. The summed E-state index contributed by atoms with van der Waals surface area (Å²) in [7, 11) is 0. The van der Waals surface area contributed by atoms with Gasteiger partial charge in [-0.05, 0) is 43.7 Å². The Labute approximate surface area is 125 Å². The van der Waals surface area contributed by atoms with Gasteiger partial charge in [0, 0.05) is 0 Å². The monoisotopic (exact) mass is 309 g/mol. The van der Waals surface area contributed by atoms with Crippen LogP contribution in [0.1, 0.15) is 12.5 Å². The highest BCUT2D eigenvalue weighted by atomic mass is 19.2. The van der Waals surface area contributed by atoms with Gasteiger partial charge in [0.1, 0.15) is 5.75 Å². The minimum absolute atomic E-state index is 0.441. The summed E-state index contributed by atoms with van der Waals surface area (Å²) >= 11 is 0. The van der Waals surface area contributed by atoms with Gasteiger partial charge in [-0.1, -0.05) is 12.1 Å². The number of rotatable bonds is 4. The van der Waals surface area contributed by atoms with Gasteiger partial charge >= 0.3 is 0 Å². The van der Waals surface area contributed by atoms with Crippen LogP contribution in [-0.4, -0.2) is 12.0 Å². The van der Waals surface area contributed by atoms with E-state index in [4.69, 9.17) is 4.74 Å². The summed E-state index contributed by atoms with van der Waals surface area (Å²) in [6.07, 6.45) is -0.936. The van der Waals surface area contributed by atoms with Crippen molar-refractivity contribution in [3.8, 4) is 5.75 Å². The Kier molecular flexibility index (Phi) is 4.70. The largest absolute Gasteiger partial charge is 0.481 e. The zero-order chi connectivity index (χ0) is 16.3. The van der Waals surface area contributed by atoms with Gasteiger partial charge in [-0.2, -0.15) is 0 Å². The van der Waals surface area contributed by atoms with Gasteiger partial charge < -0.3 is 10.1 Å². The molecule has 0 saturated heterocycles. The van der Waals surface area contributed by atoms with Crippen LogP contribution in [0.25, 0.3) is 0 Å². The normalized spacial score (nSPS) is 11.9. The zero-order valence-corrected chi connectivity index (χ0v) is 12.0. The Morgan fingerprint density at radius 3 is 2.55 bits per heavy atom. The average molecular weight is 309 g/mol. The lowest BCUT2D eigenvalue weighted by atomic mass is 10.2. The van der Waals surface area contributed by atoms with Crippen LogP contribution in [0.5, 0.6) is 5.75 Å². The Morgan fingerprint density at radius 1 is 1.14 bits per heavy atom. The smallest absolute Gasteiger partial charge is 0.265 e. The molecule has 22 heavy (non-hydrogen) atoms. The van der Waals surface area contributed by atoms with Crippen LogP contribution < -0.4 is 10.1 Å². The fraction of sp³-hybridized carbons (Fsp3) is 0.188. The van der Waals surface area contributed by atoms with Crippen molar-refractivity contribution in [1.29, 1.82) is 0 Å². The van der Waals surface area contributed by atoms with E-state index in [1.165, 1.54) is 6.92 Å². The van der Waals surface area contributed by atoms with Gasteiger partial charge in [-0.15, -0.1) is 0 Å². The third-order valence-corrected chi connectivity index (χ3v) is 2.96. The number of carbonyl (C=O) groups excluding carboxylic acids is 1. The second kappa shape index (κ2) is 6.51. The number of hydrogen-bond donors (Lipinski definition) is 1. The number of hydrogen-bond acceptors (Lipinski definition) is 2. The number of carbonyl (C=O) groups is 1. The lowest BCUT2D eigenvalue weighted by Crippen LogP contribution is -2.30. The van der Waals surface area contributed by atoms with Crippen LogP contribution in [0, 0.1) is 24.4 Å². The third kappa shape index (κ3) is 3.58. The van der Waals surface area contributed by atoms with Gasteiger partial charge in [0.15, 0.2) is 23.6 Å². The molecule has 0 unspecified atom stereocenters. The Hall–Kier alpha value is -2.50. The maximum atomic E-state index is 13.5. The van der Waals surface area contributed by atoms with Gasteiger partial charge in [0.05, 0.1) is 5.69 Å². The highest BCUT2D eigenvalue weighted by Crippen LogP contribution is 2.20. The van der Waals surface area contributed by atoms with Crippen molar-refractivity contribution < 1.29 is 22.7 Å². The molecule has 1 atom stereocenters. The molecule has 2 rings (SSSR count). The molecule has 1 N–H and O–H groups in total. The van der Waals surface area contributed by atoms with E-state index in [2.05, 4.69) is 5.32 Å². The molecule has 0 heterocycles. The first-order valence-electron chi connectivity index (χ1n) is 6.56. The van der Waals surface area contributed by atoms with Crippen molar-refractivity contribution in [1.82, 2.24) is 0 Å². The predicted octanol–water partition coefficient (Wildman–Crippen LogP) is 3.82. The third-order valence-electron chi connectivity index (χ3n) is 2.96. The highest BCUT2D eigenvalue weighted by molar-refractivity contribution is 5.94.